The summed E-state index contributed by atoms with van der Waals surface area (Å²) in [7, 11) is 0. The Balaban J connectivity index is 2.83. The second kappa shape index (κ2) is 7.32. The molecule has 0 fully saturated rings. The number of hydrogen-bond acceptors (Lipinski definition) is 8. The van der Waals surface area contributed by atoms with Crippen LogP contribution in [0.5, 0.6) is 0 Å². The van der Waals surface area contributed by atoms with E-state index < -0.39 is 15.5 Å². The number of nitro groups is 2. The lowest BCUT2D eigenvalue weighted by molar-refractivity contribution is -0.386. The van der Waals surface area contributed by atoms with Crippen molar-refractivity contribution in [3.8, 4) is 12.1 Å². The smallest absolute Gasteiger partial charge is 0.258 e. The van der Waals surface area contributed by atoms with Crippen LogP contribution < -0.4 is 0 Å². The number of nitriles is 2. The van der Waals surface area contributed by atoms with Gasteiger partial charge in [-0.3, -0.25) is 20.2 Å². The van der Waals surface area contributed by atoms with Crippen molar-refractivity contribution in [1.29, 1.82) is 10.5 Å². The predicted octanol–water partition coefficient (Wildman–Crippen LogP) is 3.21. The van der Waals surface area contributed by atoms with Gasteiger partial charge < -0.3 is 0 Å². The normalized spacial score (nSPS) is 10.1. The molecule has 0 atom stereocenters. The molecule has 0 aliphatic carbocycles. The lowest BCUT2D eigenvalue weighted by atomic mass is 9.96. The van der Waals surface area contributed by atoms with E-state index in [4.69, 9.17) is 11.6 Å². The second-order valence-electron chi connectivity index (χ2n) is 5.60. The van der Waals surface area contributed by atoms with Crippen LogP contribution in [-0.4, -0.2) is 19.8 Å². The van der Waals surface area contributed by atoms with Crippen LogP contribution in [-0.2, 0) is 6.42 Å². The van der Waals surface area contributed by atoms with E-state index in [0.29, 0.717) is 0 Å². The van der Waals surface area contributed by atoms with Crippen molar-refractivity contribution in [3.63, 3.8) is 0 Å². The Morgan fingerprint density at radius 1 is 0.963 bits per heavy atom. The summed E-state index contributed by atoms with van der Waals surface area (Å²) >= 11 is 5.95. The number of hydrogen-bond donors (Lipinski definition) is 0. The highest BCUT2D eigenvalue weighted by Crippen LogP contribution is 2.33. The van der Waals surface area contributed by atoms with Gasteiger partial charge in [0, 0.05) is 12.0 Å². The van der Waals surface area contributed by atoms with Gasteiger partial charge in [-0.2, -0.15) is 10.5 Å². The third-order valence-corrected chi connectivity index (χ3v) is 4.27. The van der Waals surface area contributed by atoms with Gasteiger partial charge in [0.2, 0.25) is 0 Å². The van der Waals surface area contributed by atoms with Crippen LogP contribution in [0.25, 0.3) is 0 Å². The van der Waals surface area contributed by atoms with Gasteiger partial charge in [0.25, 0.3) is 11.4 Å². The van der Waals surface area contributed by atoms with Crippen LogP contribution in [0.3, 0.4) is 0 Å². The predicted molar refractivity (Wildman–Crippen MR) is 93.2 cm³/mol. The fourth-order valence-corrected chi connectivity index (χ4v) is 3.16. The second-order valence-corrected chi connectivity index (χ2v) is 5.96. The maximum Gasteiger partial charge on any atom is 0.295 e. The molecule has 0 bridgehead atoms. The monoisotopic (exact) mass is 386 g/mol. The average Bonchev–Trinajstić information content (AvgIpc) is 2.53. The van der Waals surface area contributed by atoms with E-state index in [9.17, 15) is 30.8 Å². The third kappa shape index (κ3) is 3.38. The molecular weight excluding hydrogens is 376 g/mol. The van der Waals surface area contributed by atoms with Crippen molar-refractivity contribution in [2.75, 3.05) is 0 Å². The zero-order valence-electron chi connectivity index (χ0n) is 14.4. The standard InChI is InChI=1S/C16H11ClN6O4/c1-7-11(5-18)13(20-8(2)14(7)22(24)25)4-10-12(6-19)16(17)21-9(3)15(10)23(26)27/h4H2,1-3H3. The van der Waals surface area contributed by atoms with Crippen LogP contribution in [0.2, 0.25) is 5.15 Å². The number of aryl methyl sites for hydroxylation is 2. The maximum atomic E-state index is 11.5. The van der Waals surface area contributed by atoms with Crippen molar-refractivity contribution in [2.24, 2.45) is 0 Å². The highest BCUT2D eigenvalue weighted by atomic mass is 35.5. The van der Waals surface area contributed by atoms with Crippen LogP contribution in [0.4, 0.5) is 11.4 Å². The quantitative estimate of drug-likeness (QED) is 0.439. The Bertz CT molecular complexity index is 1080. The first-order valence-electron chi connectivity index (χ1n) is 7.42. The molecule has 10 nitrogen and oxygen atoms in total. The van der Waals surface area contributed by atoms with E-state index in [0.717, 1.165) is 0 Å². The first kappa shape index (κ1) is 19.7. The molecule has 0 aliphatic rings. The van der Waals surface area contributed by atoms with Gasteiger partial charge in [0.05, 0.1) is 32.2 Å². The molecule has 27 heavy (non-hydrogen) atoms. The van der Waals surface area contributed by atoms with Crippen molar-refractivity contribution in [3.05, 3.63) is 64.7 Å². The molecule has 2 aromatic heterocycles. The van der Waals surface area contributed by atoms with Crippen molar-refractivity contribution < 1.29 is 9.85 Å². The van der Waals surface area contributed by atoms with Gasteiger partial charge in [-0.1, -0.05) is 11.6 Å². The average molecular weight is 387 g/mol. The lowest BCUT2D eigenvalue weighted by Crippen LogP contribution is -2.10. The summed E-state index contributed by atoms with van der Waals surface area (Å²) in [5.74, 6) is 0. The molecule has 2 heterocycles. The number of rotatable bonds is 4. The summed E-state index contributed by atoms with van der Waals surface area (Å²) in [4.78, 5) is 29.3. The highest BCUT2D eigenvalue weighted by Gasteiger charge is 2.29. The van der Waals surface area contributed by atoms with Crippen molar-refractivity contribution in [2.45, 2.75) is 27.2 Å². The molecule has 11 heteroatoms. The SMILES string of the molecule is Cc1nc(Cc2c(C#N)c(Cl)nc(C)c2[N+](=O)[O-])c(C#N)c(C)c1[N+](=O)[O-]. The molecule has 0 saturated carbocycles. The van der Waals surface area contributed by atoms with E-state index in [1.165, 1.54) is 20.8 Å². The summed E-state index contributed by atoms with van der Waals surface area (Å²) < 4.78 is 0. The first-order valence-corrected chi connectivity index (χ1v) is 7.79. The summed E-state index contributed by atoms with van der Waals surface area (Å²) in [5.41, 5.74) is -0.773. The summed E-state index contributed by atoms with van der Waals surface area (Å²) in [6, 6.07) is 3.64. The van der Waals surface area contributed by atoms with Gasteiger partial charge in [-0.25, -0.2) is 9.97 Å². The third-order valence-electron chi connectivity index (χ3n) is 4.00. The Kier molecular flexibility index (Phi) is 5.34. The zero-order chi connectivity index (χ0) is 20.5. The summed E-state index contributed by atoms with van der Waals surface area (Å²) in [6.45, 7) is 4.18. The first-order chi connectivity index (χ1) is 12.6. The Hall–Kier alpha value is -3.63. The van der Waals surface area contributed by atoms with Gasteiger partial charge in [0.1, 0.15) is 28.7 Å². The number of nitrogens with zero attached hydrogens (tertiary/aromatic N) is 6. The van der Waals surface area contributed by atoms with Gasteiger partial charge in [-0.15, -0.1) is 0 Å². The highest BCUT2D eigenvalue weighted by molar-refractivity contribution is 6.30. The number of aromatic nitrogens is 2. The van der Waals surface area contributed by atoms with E-state index >= 15 is 0 Å². The van der Waals surface area contributed by atoms with E-state index in [1.54, 1.807) is 6.07 Å². The Labute approximate surface area is 158 Å². The van der Waals surface area contributed by atoms with Crippen molar-refractivity contribution >= 4 is 23.0 Å². The fourth-order valence-electron chi connectivity index (χ4n) is 2.88. The molecule has 136 valence electrons. The van der Waals surface area contributed by atoms with Crippen LogP contribution in [0.15, 0.2) is 0 Å². The molecule has 0 amide bonds. The molecule has 2 aromatic rings. The van der Waals surface area contributed by atoms with Gasteiger partial charge >= 0.3 is 0 Å². The molecule has 0 unspecified atom stereocenters. The maximum absolute atomic E-state index is 11.5. The van der Waals surface area contributed by atoms with E-state index in [2.05, 4.69) is 9.97 Å². The topological polar surface area (TPSA) is 160 Å². The minimum Gasteiger partial charge on any atom is -0.258 e. The Morgan fingerprint density at radius 2 is 1.48 bits per heavy atom. The molecule has 0 radical (unpaired) electrons. The molecule has 0 saturated heterocycles. The van der Waals surface area contributed by atoms with Crippen LogP contribution >= 0.6 is 11.6 Å². The minimum absolute atomic E-state index is 0.00728. The largest absolute Gasteiger partial charge is 0.295 e. The fraction of sp³-hybridized carbons (Fsp3) is 0.250. The van der Waals surface area contributed by atoms with Gasteiger partial charge in [-0.05, 0) is 20.8 Å². The number of pyridine rings is 2. The van der Waals surface area contributed by atoms with E-state index in [1.807, 2.05) is 6.07 Å². The molecular formula is C16H11ClN6O4. The van der Waals surface area contributed by atoms with Crippen LogP contribution in [0, 0.1) is 63.7 Å². The minimum atomic E-state index is -0.689. The summed E-state index contributed by atoms with van der Waals surface area (Å²) in [6.07, 6.45) is -0.273. The molecule has 0 N–H and O–H groups in total. The zero-order valence-corrected chi connectivity index (χ0v) is 15.2. The van der Waals surface area contributed by atoms with Crippen molar-refractivity contribution in [1.82, 2.24) is 9.97 Å². The summed E-state index contributed by atoms with van der Waals surface area (Å²) in [5, 5.41) is 41.3. The van der Waals surface area contributed by atoms with Gasteiger partial charge in [0.15, 0.2) is 0 Å². The van der Waals surface area contributed by atoms with Crippen LogP contribution in [0.1, 0.15) is 39.3 Å². The molecule has 0 aliphatic heterocycles. The molecule has 0 spiro atoms. The molecule has 2 rings (SSSR count). The van der Waals surface area contributed by atoms with E-state index in [-0.39, 0.29) is 56.6 Å². The number of halogens is 1. The Morgan fingerprint density at radius 3 is 1.96 bits per heavy atom. The molecule has 0 aromatic carbocycles. The lowest BCUT2D eigenvalue weighted by Gasteiger charge is -2.12.